The van der Waals surface area contributed by atoms with Crippen LogP contribution in [0.5, 0.6) is 0 Å². The molecule has 3 heterocycles. The number of halogens is 1. The second-order valence-electron chi connectivity index (χ2n) is 8.23. The number of anilines is 3. The lowest BCUT2D eigenvalue weighted by atomic mass is 9.74. The van der Waals surface area contributed by atoms with Crippen molar-refractivity contribution >= 4 is 40.7 Å². The lowest BCUT2D eigenvalue weighted by Gasteiger charge is -2.42. The molecule has 2 fully saturated rings. The van der Waals surface area contributed by atoms with E-state index in [1.54, 1.807) is 12.4 Å². The van der Waals surface area contributed by atoms with E-state index in [1.165, 1.54) is 24.6 Å². The first-order chi connectivity index (χ1) is 13.9. The van der Waals surface area contributed by atoms with Crippen molar-refractivity contribution in [2.24, 2.45) is 11.1 Å². The van der Waals surface area contributed by atoms with Crippen molar-refractivity contribution in [1.82, 2.24) is 15.0 Å². The summed E-state index contributed by atoms with van der Waals surface area (Å²) < 4.78 is 0. The van der Waals surface area contributed by atoms with Crippen molar-refractivity contribution in [2.75, 3.05) is 42.7 Å². The first-order valence-corrected chi connectivity index (χ1v) is 11.2. The van der Waals surface area contributed by atoms with Crippen LogP contribution in [0.3, 0.4) is 0 Å². The van der Waals surface area contributed by atoms with Gasteiger partial charge in [-0.05, 0) is 31.1 Å². The number of nitrogens with two attached hydrogens (primary N) is 2. The van der Waals surface area contributed by atoms with E-state index in [1.807, 2.05) is 25.2 Å². The Morgan fingerprint density at radius 1 is 1.21 bits per heavy atom. The lowest BCUT2D eigenvalue weighted by molar-refractivity contribution is 0.197. The van der Waals surface area contributed by atoms with E-state index in [9.17, 15) is 0 Å². The zero-order valence-electron chi connectivity index (χ0n) is 16.9. The number of pyridine rings is 1. The maximum absolute atomic E-state index is 6.52. The van der Waals surface area contributed by atoms with Gasteiger partial charge in [0.05, 0.1) is 28.0 Å². The molecular weight excluding hydrogens is 406 g/mol. The van der Waals surface area contributed by atoms with Crippen LogP contribution in [0.2, 0.25) is 5.02 Å². The molecule has 0 radical (unpaired) electrons. The highest BCUT2D eigenvalue weighted by Crippen LogP contribution is 2.46. The Kier molecular flexibility index (Phi) is 5.77. The molecular formula is C20H28ClN7S. The van der Waals surface area contributed by atoms with Gasteiger partial charge in [-0.25, -0.2) is 9.97 Å². The highest BCUT2D eigenvalue weighted by atomic mass is 35.5. The SMILES string of the molecule is CN(C)c1cncc(Sc2ncc(N3CCC4(CCC[C@H]4N)CC3)nc2N)c1Cl. The molecule has 4 rings (SSSR count). The molecule has 0 bridgehead atoms. The quantitative estimate of drug-likeness (QED) is 0.756. The Labute approximate surface area is 181 Å². The van der Waals surface area contributed by atoms with Crippen molar-refractivity contribution in [3.05, 3.63) is 23.6 Å². The first kappa shape index (κ1) is 20.5. The van der Waals surface area contributed by atoms with Crippen LogP contribution < -0.4 is 21.3 Å². The molecule has 1 aliphatic carbocycles. The predicted octanol–water partition coefficient (Wildman–Crippen LogP) is 3.42. The van der Waals surface area contributed by atoms with Crippen LogP contribution >= 0.6 is 23.4 Å². The maximum Gasteiger partial charge on any atom is 0.158 e. The molecule has 1 saturated carbocycles. The van der Waals surface area contributed by atoms with Crippen molar-refractivity contribution < 1.29 is 0 Å². The van der Waals surface area contributed by atoms with Crippen molar-refractivity contribution in [2.45, 2.75) is 48.1 Å². The third-order valence-corrected chi connectivity index (χ3v) is 7.88. The fraction of sp³-hybridized carbons (Fsp3) is 0.550. The minimum Gasteiger partial charge on any atom is -0.381 e. The summed E-state index contributed by atoms with van der Waals surface area (Å²) in [7, 11) is 3.86. The van der Waals surface area contributed by atoms with E-state index in [4.69, 9.17) is 23.1 Å². The second kappa shape index (κ2) is 8.16. The second-order valence-corrected chi connectivity index (χ2v) is 9.64. The van der Waals surface area contributed by atoms with E-state index in [-0.39, 0.29) is 0 Å². The van der Waals surface area contributed by atoms with Crippen LogP contribution in [0.1, 0.15) is 32.1 Å². The Hall–Kier alpha value is -1.77. The van der Waals surface area contributed by atoms with Gasteiger partial charge in [-0.15, -0.1) is 0 Å². The standard InChI is InChI=1S/C20H28ClN7S/c1-27(2)13-10-24-11-14(17(13)21)29-19-18(23)26-16(12-25-19)28-8-6-20(7-9-28)5-3-4-15(20)22/h10-12,15H,3-9,22H2,1-2H3,(H2,23,26)/t15-/m1/s1. The Bertz CT molecular complexity index is 883. The molecule has 2 aliphatic rings. The monoisotopic (exact) mass is 433 g/mol. The summed E-state index contributed by atoms with van der Waals surface area (Å²) in [6, 6.07) is 0.343. The van der Waals surface area contributed by atoms with Gasteiger partial charge in [-0.3, -0.25) is 4.98 Å². The first-order valence-electron chi connectivity index (χ1n) is 10.0. The molecule has 1 atom stereocenters. The van der Waals surface area contributed by atoms with Gasteiger partial charge in [-0.1, -0.05) is 29.8 Å². The predicted molar refractivity (Wildman–Crippen MR) is 120 cm³/mol. The summed E-state index contributed by atoms with van der Waals surface area (Å²) in [6.07, 6.45) is 11.2. The Morgan fingerprint density at radius 3 is 2.59 bits per heavy atom. The molecule has 2 aromatic heterocycles. The molecule has 4 N–H and O–H groups in total. The van der Waals surface area contributed by atoms with Crippen LogP contribution in [0.4, 0.5) is 17.3 Å². The topological polar surface area (TPSA) is 97.2 Å². The average molecular weight is 434 g/mol. The summed E-state index contributed by atoms with van der Waals surface area (Å²) in [6.45, 7) is 1.91. The van der Waals surface area contributed by atoms with Gasteiger partial charge >= 0.3 is 0 Å². The highest BCUT2D eigenvalue weighted by Gasteiger charge is 2.43. The van der Waals surface area contributed by atoms with Crippen molar-refractivity contribution in [3.8, 4) is 0 Å². The smallest absolute Gasteiger partial charge is 0.158 e. The van der Waals surface area contributed by atoms with Crippen LogP contribution in [-0.2, 0) is 0 Å². The zero-order valence-corrected chi connectivity index (χ0v) is 18.5. The number of piperidine rings is 1. The number of nitrogen functional groups attached to an aromatic ring is 1. The number of nitrogens with zero attached hydrogens (tertiary/aromatic N) is 5. The molecule has 1 spiro atoms. The zero-order chi connectivity index (χ0) is 20.6. The van der Waals surface area contributed by atoms with E-state index in [0.29, 0.717) is 27.3 Å². The summed E-state index contributed by atoms with van der Waals surface area (Å²) in [5, 5.41) is 1.27. The van der Waals surface area contributed by atoms with Gasteiger partial charge in [0, 0.05) is 39.4 Å². The van der Waals surface area contributed by atoms with Gasteiger partial charge in [0.15, 0.2) is 5.82 Å². The van der Waals surface area contributed by atoms with E-state index in [2.05, 4.69) is 19.9 Å². The summed E-state index contributed by atoms with van der Waals surface area (Å²) in [5.74, 6) is 1.25. The number of hydrogen-bond donors (Lipinski definition) is 2. The molecule has 9 heteroatoms. The molecule has 1 aliphatic heterocycles. The minimum absolute atomic E-state index is 0.326. The number of rotatable bonds is 4. The van der Waals surface area contributed by atoms with Crippen LogP contribution in [0, 0.1) is 5.41 Å². The maximum atomic E-state index is 6.52. The van der Waals surface area contributed by atoms with Gasteiger partial charge < -0.3 is 21.3 Å². The summed E-state index contributed by atoms with van der Waals surface area (Å²) in [4.78, 5) is 18.5. The lowest BCUT2D eigenvalue weighted by Crippen LogP contribution is -2.47. The molecule has 1 saturated heterocycles. The molecule has 2 aromatic rings. The minimum atomic E-state index is 0.326. The summed E-state index contributed by atoms with van der Waals surface area (Å²) >= 11 is 7.91. The molecule has 29 heavy (non-hydrogen) atoms. The van der Waals surface area contributed by atoms with E-state index < -0.39 is 0 Å². The van der Waals surface area contributed by atoms with Gasteiger partial charge in [0.2, 0.25) is 0 Å². The molecule has 0 aromatic carbocycles. The third-order valence-electron chi connectivity index (χ3n) is 6.33. The Balaban J connectivity index is 1.47. The molecule has 0 amide bonds. The van der Waals surface area contributed by atoms with E-state index >= 15 is 0 Å². The fourth-order valence-corrected chi connectivity index (χ4v) is 5.64. The van der Waals surface area contributed by atoms with Gasteiger partial charge in [0.25, 0.3) is 0 Å². The third kappa shape index (κ3) is 3.98. The highest BCUT2D eigenvalue weighted by molar-refractivity contribution is 7.99. The fourth-order valence-electron chi connectivity index (χ4n) is 4.48. The van der Waals surface area contributed by atoms with Crippen LogP contribution in [0.25, 0.3) is 0 Å². The van der Waals surface area contributed by atoms with Gasteiger partial charge in [-0.2, -0.15) is 0 Å². The largest absolute Gasteiger partial charge is 0.381 e. The van der Waals surface area contributed by atoms with Crippen LogP contribution in [-0.4, -0.2) is 48.2 Å². The van der Waals surface area contributed by atoms with E-state index in [0.717, 1.165) is 48.8 Å². The normalized spacial score (nSPS) is 21.0. The Morgan fingerprint density at radius 2 is 1.97 bits per heavy atom. The molecule has 156 valence electrons. The number of aromatic nitrogens is 3. The average Bonchev–Trinajstić information content (AvgIpc) is 3.05. The van der Waals surface area contributed by atoms with Gasteiger partial charge in [0.1, 0.15) is 10.8 Å². The van der Waals surface area contributed by atoms with Crippen molar-refractivity contribution in [3.63, 3.8) is 0 Å². The number of hydrogen-bond acceptors (Lipinski definition) is 8. The molecule has 7 nitrogen and oxygen atoms in total. The molecule has 0 unspecified atom stereocenters. The summed E-state index contributed by atoms with van der Waals surface area (Å²) in [5.41, 5.74) is 13.8. The van der Waals surface area contributed by atoms with Crippen molar-refractivity contribution in [1.29, 1.82) is 0 Å². The van der Waals surface area contributed by atoms with Crippen LogP contribution in [0.15, 0.2) is 28.5 Å².